The summed E-state index contributed by atoms with van der Waals surface area (Å²) in [6, 6.07) is 19.5. The Morgan fingerprint density at radius 1 is 0.667 bits per heavy atom. The molecule has 0 aliphatic heterocycles. The fourth-order valence-electron chi connectivity index (χ4n) is 4.21. The average molecular weight is 463 g/mol. The van der Waals surface area contributed by atoms with Gasteiger partial charge in [-0.25, -0.2) is 0 Å². The van der Waals surface area contributed by atoms with Crippen molar-refractivity contribution in [2.24, 2.45) is 0 Å². The van der Waals surface area contributed by atoms with Crippen LogP contribution < -0.4 is 0 Å². The SMILES string of the molecule is CCCCCCc1cccc(C(F)(F)C(F)(F)F)c1C(O)(c1ccccc1)c1ccccc1. The molecule has 1 nitrogen and oxygen atoms in total. The Kier molecular flexibility index (Phi) is 7.58. The monoisotopic (exact) mass is 462 g/mol. The lowest BCUT2D eigenvalue weighted by atomic mass is 9.74. The number of hydrogen-bond acceptors (Lipinski definition) is 1. The van der Waals surface area contributed by atoms with E-state index >= 15 is 0 Å². The predicted octanol–water partition coefficient (Wildman–Crippen LogP) is 7.75. The molecule has 176 valence electrons. The lowest BCUT2D eigenvalue weighted by Crippen LogP contribution is -2.39. The highest BCUT2D eigenvalue weighted by Crippen LogP contribution is 2.50. The van der Waals surface area contributed by atoms with Gasteiger partial charge in [0.15, 0.2) is 0 Å². The third-order valence-electron chi connectivity index (χ3n) is 5.89. The molecule has 0 spiro atoms. The van der Waals surface area contributed by atoms with Gasteiger partial charge >= 0.3 is 12.1 Å². The van der Waals surface area contributed by atoms with E-state index in [2.05, 4.69) is 0 Å². The van der Waals surface area contributed by atoms with Gasteiger partial charge in [-0.2, -0.15) is 22.0 Å². The van der Waals surface area contributed by atoms with E-state index in [4.69, 9.17) is 0 Å². The Hall–Kier alpha value is -2.73. The first kappa shape index (κ1) is 24.9. The fraction of sp³-hybridized carbons (Fsp3) is 0.333. The van der Waals surface area contributed by atoms with Gasteiger partial charge in [-0.05, 0) is 29.5 Å². The van der Waals surface area contributed by atoms with Crippen molar-refractivity contribution >= 4 is 0 Å². The van der Waals surface area contributed by atoms with E-state index in [-0.39, 0.29) is 23.1 Å². The number of halogens is 5. The Morgan fingerprint density at radius 2 is 1.21 bits per heavy atom. The Balaban J connectivity index is 2.34. The van der Waals surface area contributed by atoms with E-state index in [0.29, 0.717) is 6.42 Å². The lowest BCUT2D eigenvalue weighted by molar-refractivity contribution is -0.290. The van der Waals surface area contributed by atoms with Gasteiger partial charge in [0.25, 0.3) is 0 Å². The summed E-state index contributed by atoms with van der Waals surface area (Å²) in [6.07, 6.45) is -2.23. The molecule has 3 rings (SSSR count). The van der Waals surface area contributed by atoms with Crippen molar-refractivity contribution in [2.45, 2.75) is 56.7 Å². The summed E-state index contributed by atoms with van der Waals surface area (Å²) < 4.78 is 70.4. The van der Waals surface area contributed by atoms with E-state index in [1.54, 1.807) is 36.4 Å². The molecule has 0 unspecified atom stereocenters. The number of rotatable bonds is 9. The fourth-order valence-corrected chi connectivity index (χ4v) is 4.21. The highest BCUT2D eigenvalue weighted by atomic mass is 19.4. The van der Waals surface area contributed by atoms with Crippen LogP contribution in [0.3, 0.4) is 0 Å². The molecular weight excluding hydrogens is 435 g/mol. The van der Waals surface area contributed by atoms with Crippen LogP contribution in [0.2, 0.25) is 0 Å². The first-order valence-corrected chi connectivity index (χ1v) is 11.0. The number of aryl methyl sites for hydroxylation is 1. The van der Waals surface area contributed by atoms with Crippen LogP contribution >= 0.6 is 0 Å². The van der Waals surface area contributed by atoms with Crippen molar-refractivity contribution in [1.82, 2.24) is 0 Å². The van der Waals surface area contributed by atoms with Gasteiger partial charge in [0, 0.05) is 11.1 Å². The molecule has 0 aliphatic rings. The molecule has 3 aromatic carbocycles. The minimum absolute atomic E-state index is 0.219. The molecule has 33 heavy (non-hydrogen) atoms. The maximum Gasteiger partial charge on any atom is 0.458 e. The Bertz CT molecular complexity index is 990. The van der Waals surface area contributed by atoms with Crippen LogP contribution in [0.5, 0.6) is 0 Å². The van der Waals surface area contributed by atoms with Gasteiger partial charge in [0.05, 0.1) is 0 Å². The highest BCUT2D eigenvalue weighted by Gasteiger charge is 2.61. The molecule has 0 saturated carbocycles. The smallest absolute Gasteiger partial charge is 0.376 e. The van der Waals surface area contributed by atoms with Crippen LogP contribution in [0.15, 0.2) is 78.9 Å². The molecule has 0 atom stereocenters. The first-order valence-electron chi connectivity index (χ1n) is 11.0. The number of benzene rings is 3. The maximum atomic E-state index is 14.9. The molecular formula is C27H27F5O. The number of hydrogen-bond donors (Lipinski definition) is 1. The summed E-state index contributed by atoms with van der Waals surface area (Å²) in [4.78, 5) is 0. The van der Waals surface area contributed by atoms with Gasteiger partial charge in [-0.3, -0.25) is 0 Å². The van der Waals surface area contributed by atoms with E-state index in [1.807, 2.05) is 6.92 Å². The molecule has 0 fully saturated rings. The Labute approximate surface area is 190 Å². The maximum absolute atomic E-state index is 14.9. The number of alkyl halides is 5. The van der Waals surface area contributed by atoms with E-state index in [0.717, 1.165) is 25.3 Å². The zero-order valence-electron chi connectivity index (χ0n) is 18.4. The van der Waals surface area contributed by atoms with Crippen molar-refractivity contribution < 1.29 is 27.1 Å². The summed E-state index contributed by atoms with van der Waals surface area (Å²) in [5.41, 5.74) is -3.11. The van der Waals surface area contributed by atoms with Crippen molar-refractivity contribution in [3.8, 4) is 0 Å². The zero-order valence-corrected chi connectivity index (χ0v) is 18.4. The summed E-state index contributed by atoms with van der Waals surface area (Å²) in [6.45, 7) is 2.03. The van der Waals surface area contributed by atoms with Gasteiger partial charge in [-0.15, -0.1) is 0 Å². The zero-order chi connectivity index (χ0) is 24.1. The highest BCUT2D eigenvalue weighted by molar-refractivity contribution is 5.54. The third kappa shape index (κ3) is 4.96. The second-order valence-corrected chi connectivity index (χ2v) is 8.16. The molecule has 0 amide bonds. The van der Waals surface area contributed by atoms with Crippen LogP contribution in [0.25, 0.3) is 0 Å². The molecule has 0 aliphatic carbocycles. The molecule has 0 heterocycles. The number of aliphatic hydroxyl groups is 1. The lowest BCUT2D eigenvalue weighted by Gasteiger charge is -2.36. The van der Waals surface area contributed by atoms with Crippen molar-refractivity contribution in [3.63, 3.8) is 0 Å². The standard InChI is InChI=1S/C27H27F5O/c1-2-3-4-7-13-20-14-12-19-23(26(28,29)27(30,31)32)24(20)25(33,21-15-8-5-9-16-21)22-17-10-6-11-18-22/h5-6,8-12,14-19,33H,2-4,7,13H2,1H3. The van der Waals surface area contributed by atoms with Crippen molar-refractivity contribution in [1.29, 1.82) is 0 Å². The molecule has 0 saturated heterocycles. The molecule has 0 bridgehead atoms. The van der Waals surface area contributed by atoms with Crippen molar-refractivity contribution in [3.05, 3.63) is 107 Å². The molecule has 1 N–H and O–H groups in total. The molecule has 0 aromatic heterocycles. The van der Waals surface area contributed by atoms with E-state index in [9.17, 15) is 27.1 Å². The van der Waals surface area contributed by atoms with Crippen LogP contribution in [-0.4, -0.2) is 11.3 Å². The van der Waals surface area contributed by atoms with Gasteiger partial charge in [0.2, 0.25) is 0 Å². The normalized spacial score (nSPS) is 12.7. The quantitative estimate of drug-likeness (QED) is 0.196. The van der Waals surface area contributed by atoms with E-state index in [1.165, 1.54) is 36.4 Å². The first-order chi connectivity index (χ1) is 15.6. The third-order valence-corrected chi connectivity index (χ3v) is 5.89. The minimum atomic E-state index is -5.81. The van der Waals surface area contributed by atoms with Gasteiger partial charge in [0.1, 0.15) is 5.60 Å². The van der Waals surface area contributed by atoms with E-state index < -0.39 is 28.8 Å². The van der Waals surface area contributed by atoms with Crippen LogP contribution in [-0.2, 0) is 17.9 Å². The van der Waals surface area contributed by atoms with Crippen LogP contribution in [0, 0.1) is 0 Å². The Morgan fingerprint density at radius 3 is 1.70 bits per heavy atom. The van der Waals surface area contributed by atoms with Gasteiger partial charge in [-0.1, -0.05) is 105 Å². The largest absolute Gasteiger partial charge is 0.458 e. The topological polar surface area (TPSA) is 20.2 Å². The van der Waals surface area contributed by atoms with Crippen molar-refractivity contribution in [2.75, 3.05) is 0 Å². The summed E-state index contributed by atoms with van der Waals surface area (Å²) >= 11 is 0. The molecule has 3 aromatic rings. The van der Waals surface area contributed by atoms with Crippen LogP contribution in [0.1, 0.15) is 60.4 Å². The summed E-state index contributed by atoms with van der Waals surface area (Å²) in [5, 5.41) is 12.1. The summed E-state index contributed by atoms with van der Waals surface area (Å²) in [7, 11) is 0. The van der Waals surface area contributed by atoms with Gasteiger partial charge < -0.3 is 5.11 Å². The molecule has 6 heteroatoms. The summed E-state index contributed by atoms with van der Waals surface area (Å²) in [5.74, 6) is -5.14. The molecule has 0 radical (unpaired) electrons. The average Bonchev–Trinajstić information content (AvgIpc) is 2.81. The second kappa shape index (κ2) is 10.0. The van der Waals surface area contributed by atoms with Crippen LogP contribution in [0.4, 0.5) is 22.0 Å². The second-order valence-electron chi connectivity index (χ2n) is 8.16. The predicted molar refractivity (Wildman–Crippen MR) is 119 cm³/mol. The minimum Gasteiger partial charge on any atom is -0.376 e. The number of unbranched alkanes of at least 4 members (excludes halogenated alkanes) is 3.